The topological polar surface area (TPSA) is 151 Å². The Morgan fingerprint density at radius 1 is 1.08 bits per heavy atom. The van der Waals surface area contributed by atoms with E-state index >= 15 is 0 Å². The largest absolute Gasteiger partial charge is 0.441 e. The van der Waals surface area contributed by atoms with Crippen molar-refractivity contribution in [2.24, 2.45) is 0 Å². The molecule has 4 aromatic rings. The molecule has 0 spiro atoms. The predicted octanol–water partition coefficient (Wildman–Crippen LogP) is 2.78. The van der Waals surface area contributed by atoms with E-state index in [1.807, 2.05) is 53.4 Å². The van der Waals surface area contributed by atoms with E-state index < -0.39 is 12.0 Å². The summed E-state index contributed by atoms with van der Waals surface area (Å²) in [6.07, 6.45) is 3.66. The highest BCUT2D eigenvalue weighted by atomic mass is 16.5. The fraction of sp³-hybridized carbons (Fsp3) is 0.240. The van der Waals surface area contributed by atoms with E-state index in [1.165, 1.54) is 19.6 Å². The maximum atomic E-state index is 12.7. The van der Waals surface area contributed by atoms with Gasteiger partial charge in [-0.2, -0.15) is 5.21 Å². The molecule has 2 amide bonds. The number of benzene rings is 2. The fourth-order valence-electron chi connectivity index (χ4n) is 3.80. The lowest BCUT2D eigenvalue weighted by molar-refractivity contribution is 0.0485. The van der Waals surface area contributed by atoms with Crippen molar-refractivity contribution in [3.63, 3.8) is 0 Å². The first-order valence-corrected chi connectivity index (χ1v) is 11.7. The Kier molecular flexibility index (Phi) is 8.32. The average Bonchev–Trinajstić information content (AvgIpc) is 3.48. The van der Waals surface area contributed by atoms with Gasteiger partial charge in [0.05, 0.1) is 0 Å². The number of tetrazole rings is 1. The first-order chi connectivity index (χ1) is 18.1. The number of hydrogen-bond donors (Lipinski definition) is 3. The van der Waals surface area contributed by atoms with Crippen LogP contribution in [0.3, 0.4) is 0 Å². The molecule has 4 rings (SSSR count). The Bertz CT molecular complexity index is 1330. The number of aromatic amines is 1. The van der Waals surface area contributed by atoms with Crippen LogP contribution in [0.15, 0.2) is 61.1 Å². The molecule has 0 bridgehead atoms. The van der Waals surface area contributed by atoms with Crippen molar-refractivity contribution in [1.82, 2.24) is 41.2 Å². The van der Waals surface area contributed by atoms with Gasteiger partial charge in [-0.1, -0.05) is 55.5 Å². The van der Waals surface area contributed by atoms with Crippen molar-refractivity contribution < 1.29 is 14.3 Å². The van der Waals surface area contributed by atoms with E-state index in [0.717, 1.165) is 28.7 Å². The zero-order valence-electron chi connectivity index (χ0n) is 20.5. The quantitative estimate of drug-likeness (QED) is 0.220. The summed E-state index contributed by atoms with van der Waals surface area (Å²) < 4.78 is 5.19. The fourth-order valence-corrected chi connectivity index (χ4v) is 3.80. The second kappa shape index (κ2) is 12.2. The number of urea groups is 1. The number of amides is 2. The average molecular weight is 502 g/mol. The number of carbonyl (C=O) groups excluding carboxylic acids is 2. The van der Waals surface area contributed by atoms with Crippen LogP contribution >= 0.6 is 0 Å². The van der Waals surface area contributed by atoms with Gasteiger partial charge < -0.3 is 20.3 Å². The van der Waals surface area contributed by atoms with Crippen molar-refractivity contribution in [3.05, 3.63) is 72.2 Å². The van der Waals surface area contributed by atoms with E-state index in [2.05, 4.69) is 48.1 Å². The highest BCUT2D eigenvalue weighted by molar-refractivity contribution is 5.94. The predicted molar refractivity (Wildman–Crippen MR) is 136 cm³/mol. The Morgan fingerprint density at radius 2 is 1.86 bits per heavy atom. The molecule has 0 saturated carbocycles. The van der Waals surface area contributed by atoms with Crippen molar-refractivity contribution in [2.75, 3.05) is 25.2 Å². The zero-order valence-corrected chi connectivity index (χ0v) is 20.5. The second-order valence-corrected chi connectivity index (χ2v) is 7.99. The van der Waals surface area contributed by atoms with Crippen LogP contribution in [0.25, 0.3) is 22.5 Å². The van der Waals surface area contributed by atoms with E-state index in [1.54, 1.807) is 0 Å². The summed E-state index contributed by atoms with van der Waals surface area (Å²) in [5.41, 5.74) is 4.15. The van der Waals surface area contributed by atoms with Gasteiger partial charge >= 0.3 is 12.0 Å². The van der Waals surface area contributed by atoms with Crippen LogP contribution in [0.2, 0.25) is 0 Å². The molecule has 2 heterocycles. The number of nitrogens with one attached hydrogen (secondary N) is 3. The van der Waals surface area contributed by atoms with E-state index in [-0.39, 0.29) is 12.3 Å². The molecule has 2 aromatic heterocycles. The van der Waals surface area contributed by atoms with Crippen LogP contribution in [-0.2, 0) is 11.3 Å². The summed E-state index contributed by atoms with van der Waals surface area (Å²) in [5, 5.41) is 19.2. The molecule has 190 valence electrons. The maximum Gasteiger partial charge on any atom is 0.345 e. The van der Waals surface area contributed by atoms with Gasteiger partial charge in [-0.25, -0.2) is 19.6 Å². The molecular weight excluding hydrogens is 474 g/mol. The summed E-state index contributed by atoms with van der Waals surface area (Å²) in [5.74, 6) is 0.373. The highest BCUT2D eigenvalue weighted by Gasteiger charge is 2.20. The molecule has 0 saturated heterocycles. The number of H-pyrrole nitrogens is 1. The summed E-state index contributed by atoms with van der Waals surface area (Å²) in [4.78, 5) is 34.4. The number of esters is 1. The van der Waals surface area contributed by atoms with Crippen LogP contribution < -0.4 is 15.5 Å². The summed E-state index contributed by atoms with van der Waals surface area (Å²) in [6, 6.07) is 15.6. The number of rotatable bonds is 10. The third-order valence-electron chi connectivity index (χ3n) is 5.52. The van der Waals surface area contributed by atoms with Crippen molar-refractivity contribution >= 4 is 17.8 Å². The Labute approximate surface area is 213 Å². The number of ether oxygens (including phenoxy) is 1. The normalized spacial score (nSPS) is 10.5. The number of carbonyl (C=O) groups is 2. The van der Waals surface area contributed by atoms with Crippen molar-refractivity contribution in [1.29, 1.82) is 0 Å². The number of nitrogens with zero attached hydrogens (tertiary/aromatic N) is 6. The molecule has 0 aliphatic carbocycles. The third-order valence-corrected chi connectivity index (χ3v) is 5.52. The molecular formula is C25H27N9O3. The van der Waals surface area contributed by atoms with Gasteiger partial charge in [-0.15, -0.1) is 10.2 Å². The van der Waals surface area contributed by atoms with Crippen LogP contribution in [0, 0.1) is 0 Å². The van der Waals surface area contributed by atoms with Crippen LogP contribution in [0.4, 0.5) is 10.6 Å². The monoisotopic (exact) mass is 501 g/mol. The first-order valence-electron chi connectivity index (χ1n) is 11.7. The molecule has 0 aliphatic rings. The molecule has 12 heteroatoms. The van der Waals surface area contributed by atoms with E-state index in [9.17, 15) is 9.59 Å². The van der Waals surface area contributed by atoms with Gasteiger partial charge in [0.2, 0.25) is 5.82 Å². The van der Waals surface area contributed by atoms with Crippen molar-refractivity contribution in [2.45, 2.75) is 19.9 Å². The minimum atomic E-state index is -0.624. The molecule has 0 radical (unpaired) electrons. The van der Waals surface area contributed by atoms with E-state index in [0.29, 0.717) is 24.7 Å². The Morgan fingerprint density at radius 3 is 2.57 bits per heavy atom. The molecule has 2 aromatic carbocycles. The SMILES string of the molecule is CCCN(Cc1ccc(-c2ccccc2-c2nn[nH]n2)cc1)c1ncncc1C(=O)OCNC(=O)NC. The second-order valence-electron chi connectivity index (χ2n) is 7.99. The van der Waals surface area contributed by atoms with E-state index in [4.69, 9.17) is 4.74 Å². The van der Waals surface area contributed by atoms with Gasteiger partial charge in [-0.3, -0.25) is 0 Å². The highest BCUT2D eigenvalue weighted by Crippen LogP contribution is 2.30. The lowest BCUT2D eigenvalue weighted by Gasteiger charge is -2.25. The third kappa shape index (κ3) is 6.23. The molecule has 3 N–H and O–H groups in total. The van der Waals surface area contributed by atoms with Crippen LogP contribution in [0.5, 0.6) is 0 Å². The lowest BCUT2D eigenvalue weighted by atomic mass is 9.98. The van der Waals surface area contributed by atoms with Crippen molar-refractivity contribution in [3.8, 4) is 22.5 Å². The lowest BCUT2D eigenvalue weighted by Crippen LogP contribution is -2.35. The zero-order chi connectivity index (χ0) is 26.0. The minimum absolute atomic E-state index is 0.223. The smallest absolute Gasteiger partial charge is 0.345 e. The molecule has 12 nitrogen and oxygen atoms in total. The molecule has 0 unspecified atom stereocenters. The molecule has 0 atom stereocenters. The number of anilines is 1. The van der Waals surface area contributed by atoms with Gasteiger partial charge in [-0.05, 0) is 28.3 Å². The van der Waals surface area contributed by atoms with Gasteiger partial charge in [0.1, 0.15) is 17.7 Å². The summed E-state index contributed by atoms with van der Waals surface area (Å²) >= 11 is 0. The van der Waals surface area contributed by atoms with Gasteiger partial charge in [0.15, 0.2) is 6.73 Å². The van der Waals surface area contributed by atoms with Crippen LogP contribution in [-0.4, -0.2) is 62.9 Å². The summed E-state index contributed by atoms with van der Waals surface area (Å²) in [7, 11) is 1.47. The van der Waals surface area contributed by atoms with Gasteiger partial charge in [0, 0.05) is 31.9 Å². The summed E-state index contributed by atoms with van der Waals surface area (Å²) in [6.45, 7) is 2.97. The number of aromatic nitrogens is 6. The molecule has 37 heavy (non-hydrogen) atoms. The standard InChI is InChI=1S/C25H27N9O3/c1-3-12-34(23-21(13-27-15-28-23)24(35)37-16-29-25(36)26-2)14-17-8-10-18(11-9-17)19-6-4-5-7-20(19)22-30-32-33-31-22/h4-11,13,15H,3,12,14,16H2,1-2H3,(H2,26,29,36)(H,30,31,32,33). The Hall–Kier alpha value is -4.87. The number of hydrogen-bond acceptors (Lipinski definition) is 9. The van der Waals surface area contributed by atoms with Gasteiger partial charge in [0.25, 0.3) is 0 Å². The Balaban J connectivity index is 1.53. The maximum absolute atomic E-state index is 12.7. The minimum Gasteiger partial charge on any atom is -0.441 e. The molecule has 0 fully saturated rings. The van der Waals surface area contributed by atoms with Crippen LogP contribution in [0.1, 0.15) is 29.3 Å². The molecule has 0 aliphatic heterocycles. The first kappa shape index (κ1) is 25.2.